The van der Waals surface area contributed by atoms with E-state index in [0.717, 1.165) is 39.2 Å². The minimum atomic E-state index is 0.260. The highest BCUT2D eigenvalue weighted by Crippen LogP contribution is 2.25. The fourth-order valence-electron chi connectivity index (χ4n) is 1.66. The molecular weight excluding hydrogens is 190 g/mol. The predicted octanol–water partition coefficient (Wildman–Crippen LogP) is 2.19. The molecule has 0 aliphatic carbocycles. The molecule has 92 valence electrons. The minimum absolute atomic E-state index is 0.260. The SMILES string of the molecule is CCCC(C)(CN)CCOCCCOC. The first-order chi connectivity index (χ1) is 7.18. The Bertz CT molecular complexity index is 142. The van der Waals surface area contributed by atoms with Gasteiger partial charge < -0.3 is 15.2 Å². The third kappa shape index (κ3) is 7.77. The Balaban J connectivity index is 3.46. The van der Waals surface area contributed by atoms with Gasteiger partial charge in [-0.2, -0.15) is 0 Å². The molecule has 0 aromatic carbocycles. The molecule has 0 radical (unpaired) electrons. The molecule has 0 saturated heterocycles. The third-order valence-corrected chi connectivity index (χ3v) is 2.83. The number of nitrogens with two attached hydrogens (primary N) is 1. The molecule has 0 bridgehead atoms. The standard InChI is InChI=1S/C12H27NO2/c1-4-6-12(2,11-13)7-10-15-9-5-8-14-3/h4-11,13H2,1-3H3. The summed E-state index contributed by atoms with van der Waals surface area (Å²) in [5.74, 6) is 0. The summed E-state index contributed by atoms with van der Waals surface area (Å²) in [4.78, 5) is 0. The van der Waals surface area contributed by atoms with Gasteiger partial charge in [-0.3, -0.25) is 0 Å². The highest BCUT2D eigenvalue weighted by molar-refractivity contribution is 4.74. The van der Waals surface area contributed by atoms with Gasteiger partial charge in [0.2, 0.25) is 0 Å². The van der Waals surface area contributed by atoms with Crippen molar-refractivity contribution in [1.82, 2.24) is 0 Å². The highest BCUT2D eigenvalue weighted by Gasteiger charge is 2.20. The summed E-state index contributed by atoms with van der Waals surface area (Å²) in [7, 11) is 1.72. The summed E-state index contributed by atoms with van der Waals surface area (Å²) >= 11 is 0. The largest absolute Gasteiger partial charge is 0.385 e. The van der Waals surface area contributed by atoms with E-state index in [4.69, 9.17) is 15.2 Å². The summed E-state index contributed by atoms with van der Waals surface area (Å²) in [6, 6.07) is 0. The van der Waals surface area contributed by atoms with Crippen LogP contribution in [0.4, 0.5) is 0 Å². The van der Waals surface area contributed by atoms with Crippen molar-refractivity contribution < 1.29 is 9.47 Å². The Morgan fingerprint density at radius 3 is 2.40 bits per heavy atom. The molecule has 0 spiro atoms. The van der Waals surface area contributed by atoms with Gasteiger partial charge in [-0.25, -0.2) is 0 Å². The fourth-order valence-corrected chi connectivity index (χ4v) is 1.66. The summed E-state index contributed by atoms with van der Waals surface area (Å²) in [5.41, 5.74) is 6.04. The van der Waals surface area contributed by atoms with Crippen molar-refractivity contribution in [2.24, 2.45) is 11.1 Å². The Hall–Kier alpha value is -0.120. The minimum Gasteiger partial charge on any atom is -0.385 e. The molecule has 0 fully saturated rings. The topological polar surface area (TPSA) is 44.5 Å². The van der Waals surface area contributed by atoms with Crippen LogP contribution in [0.3, 0.4) is 0 Å². The maximum atomic E-state index is 5.78. The molecule has 0 saturated carbocycles. The van der Waals surface area contributed by atoms with Crippen molar-refractivity contribution >= 4 is 0 Å². The van der Waals surface area contributed by atoms with E-state index in [1.165, 1.54) is 12.8 Å². The van der Waals surface area contributed by atoms with Gasteiger partial charge in [0.05, 0.1) is 0 Å². The van der Waals surface area contributed by atoms with E-state index in [1.54, 1.807) is 7.11 Å². The van der Waals surface area contributed by atoms with E-state index in [1.807, 2.05) is 0 Å². The second kappa shape index (κ2) is 9.13. The lowest BCUT2D eigenvalue weighted by atomic mass is 9.83. The van der Waals surface area contributed by atoms with Crippen molar-refractivity contribution in [2.75, 3.05) is 33.5 Å². The Labute approximate surface area is 94.3 Å². The zero-order valence-corrected chi connectivity index (χ0v) is 10.6. The molecule has 0 amide bonds. The van der Waals surface area contributed by atoms with E-state index in [-0.39, 0.29) is 5.41 Å². The lowest BCUT2D eigenvalue weighted by molar-refractivity contribution is 0.0790. The van der Waals surface area contributed by atoms with Crippen LogP contribution in [0.1, 0.15) is 39.5 Å². The van der Waals surface area contributed by atoms with Gasteiger partial charge >= 0.3 is 0 Å². The van der Waals surface area contributed by atoms with Crippen molar-refractivity contribution in [3.05, 3.63) is 0 Å². The van der Waals surface area contributed by atoms with Gasteiger partial charge in [0.15, 0.2) is 0 Å². The average Bonchev–Trinajstić information content (AvgIpc) is 2.24. The van der Waals surface area contributed by atoms with Crippen LogP contribution in [0.2, 0.25) is 0 Å². The number of methoxy groups -OCH3 is 1. The summed E-state index contributed by atoms with van der Waals surface area (Å²) < 4.78 is 10.5. The molecular formula is C12H27NO2. The van der Waals surface area contributed by atoms with Gasteiger partial charge in [0, 0.05) is 26.9 Å². The Kier molecular flexibility index (Phi) is 9.06. The van der Waals surface area contributed by atoms with Crippen LogP contribution in [0.5, 0.6) is 0 Å². The number of ether oxygens (including phenoxy) is 2. The van der Waals surface area contributed by atoms with Gasteiger partial charge in [0.25, 0.3) is 0 Å². The second-order valence-electron chi connectivity index (χ2n) is 4.47. The Morgan fingerprint density at radius 1 is 1.13 bits per heavy atom. The van der Waals surface area contributed by atoms with Crippen molar-refractivity contribution in [2.45, 2.75) is 39.5 Å². The molecule has 0 aliphatic rings. The van der Waals surface area contributed by atoms with Crippen LogP contribution in [0, 0.1) is 5.41 Å². The summed E-state index contributed by atoms with van der Waals surface area (Å²) in [6.45, 7) is 7.59. The van der Waals surface area contributed by atoms with Gasteiger partial charge in [0.1, 0.15) is 0 Å². The van der Waals surface area contributed by atoms with Crippen molar-refractivity contribution in [3.63, 3.8) is 0 Å². The molecule has 0 aromatic heterocycles. The van der Waals surface area contributed by atoms with Crippen LogP contribution >= 0.6 is 0 Å². The van der Waals surface area contributed by atoms with Gasteiger partial charge in [-0.15, -0.1) is 0 Å². The van der Waals surface area contributed by atoms with Crippen molar-refractivity contribution in [1.29, 1.82) is 0 Å². The first-order valence-corrected chi connectivity index (χ1v) is 5.95. The molecule has 1 unspecified atom stereocenters. The second-order valence-corrected chi connectivity index (χ2v) is 4.47. The monoisotopic (exact) mass is 217 g/mol. The molecule has 15 heavy (non-hydrogen) atoms. The lowest BCUT2D eigenvalue weighted by Gasteiger charge is -2.27. The van der Waals surface area contributed by atoms with E-state index in [0.29, 0.717) is 0 Å². The molecule has 0 heterocycles. The normalized spacial score (nSPS) is 15.2. The van der Waals surface area contributed by atoms with Crippen molar-refractivity contribution in [3.8, 4) is 0 Å². The molecule has 1 atom stereocenters. The van der Waals surface area contributed by atoms with E-state index in [2.05, 4.69) is 13.8 Å². The van der Waals surface area contributed by atoms with Crippen LogP contribution in [0.25, 0.3) is 0 Å². The van der Waals surface area contributed by atoms with E-state index in [9.17, 15) is 0 Å². The summed E-state index contributed by atoms with van der Waals surface area (Å²) in [6.07, 6.45) is 4.41. The lowest BCUT2D eigenvalue weighted by Crippen LogP contribution is -2.28. The zero-order valence-electron chi connectivity index (χ0n) is 10.6. The van der Waals surface area contributed by atoms with Gasteiger partial charge in [-0.05, 0) is 31.2 Å². The quantitative estimate of drug-likeness (QED) is 0.571. The predicted molar refractivity (Wildman–Crippen MR) is 64.0 cm³/mol. The van der Waals surface area contributed by atoms with Gasteiger partial charge in [-0.1, -0.05) is 20.3 Å². The molecule has 0 aromatic rings. The average molecular weight is 217 g/mol. The smallest absolute Gasteiger partial charge is 0.0487 e. The maximum absolute atomic E-state index is 5.78. The molecule has 3 heteroatoms. The number of hydrogen-bond donors (Lipinski definition) is 1. The van der Waals surface area contributed by atoms with Crippen LogP contribution in [0.15, 0.2) is 0 Å². The van der Waals surface area contributed by atoms with Crippen LogP contribution in [-0.2, 0) is 9.47 Å². The number of rotatable bonds is 10. The van der Waals surface area contributed by atoms with E-state index < -0.39 is 0 Å². The highest BCUT2D eigenvalue weighted by atomic mass is 16.5. The molecule has 3 nitrogen and oxygen atoms in total. The first-order valence-electron chi connectivity index (χ1n) is 5.95. The van der Waals surface area contributed by atoms with E-state index >= 15 is 0 Å². The molecule has 2 N–H and O–H groups in total. The summed E-state index contributed by atoms with van der Waals surface area (Å²) in [5, 5.41) is 0. The first kappa shape index (κ1) is 14.9. The molecule has 0 aliphatic heterocycles. The number of hydrogen-bond acceptors (Lipinski definition) is 3. The Morgan fingerprint density at radius 2 is 1.87 bits per heavy atom. The maximum Gasteiger partial charge on any atom is 0.0487 e. The fraction of sp³-hybridized carbons (Fsp3) is 1.00. The van der Waals surface area contributed by atoms with Crippen LogP contribution in [-0.4, -0.2) is 33.5 Å². The molecule has 0 rings (SSSR count). The third-order valence-electron chi connectivity index (χ3n) is 2.83. The van der Waals surface area contributed by atoms with Crippen LogP contribution < -0.4 is 5.73 Å². The zero-order chi connectivity index (χ0) is 11.6.